The first-order valence-corrected chi connectivity index (χ1v) is 8.06. The number of benzene rings is 2. The fourth-order valence-corrected chi connectivity index (χ4v) is 3.37. The summed E-state index contributed by atoms with van der Waals surface area (Å²) in [5.41, 5.74) is 6.50. The average Bonchev–Trinajstić information content (AvgIpc) is 2.54. The maximum Gasteiger partial charge on any atom is 0.0918 e. The molecule has 0 fully saturated rings. The minimum absolute atomic E-state index is 0.347. The molecule has 0 amide bonds. The molecule has 0 saturated carbocycles. The second kappa shape index (κ2) is 6.83. The molecule has 0 spiro atoms. The van der Waals surface area contributed by atoms with Gasteiger partial charge in [0, 0.05) is 11.5 Å². The van der Waals surface area contributed by atoms with Crippen LogP contribution in [0.5, 0.6) is 0 Å². The zero-order chi connectivity index (χ0) is 17.1. The van der Waals surface area contributed by atoms with Crippen molar-refractivity contribution in [3.63, 3.8) is 0 Å². The fourth-order valence-electron chi connectivity index (χ4n) is 3.37. The molecule has 0 aliphatic rings. The Morgan fingerprint density at radius 2 is 1.35 bits per heavy atom. The first-order valence-electron chi connectivity index (χ1n) is 8.06. The van der Waals surface area contributed by atoms with E-state index in [-0.39, 0.29) is 5.92 Å². The highest BCUT2D eigenvalue weighted by Gasteiger charge is 2.45. The highest BCUT2D eigenvalue weighted by atomic mass is 16.3. The third-order valence-corrected chi connectivity index (χ3v) is 4.73. The van der Waals surface area contributed by atoms with Crippen LogP contribution in [0.1, 0.15) is 38.3 Å². The van der Waals surface area contributed by atoms with Crippen molar-refractivity contribution in [2.75, 3.05) is 0 Å². The minimum Gasteiger partial charge on any atom is -0.393 e. The van der Waals surface area contributed by atoms with Crippen LogP contribution in [0, 0.1) is 5.92 Å². The van der Waals surface area contributed by atoms with E-state index in [9.17, 15) is 10.2 Å². The van der Waals surface area contributed by atoms with Gasteiger partial charge in [-0.1, -0.05) is 60.7 Å². The fraction of sp³-hybridized carbons (Fsp3) is 0.400. The molecule has 4 unspecified atom stereocenters. The second-order valence-electron chi connectivity index (χ2n) is 6.80. The Morgan fingerprint density at radius 3 is 1.78 bits per heavy atom. The van der Waals surface area contributed by atoms with Crippen molar-refractivity contribution in [2.24, 2.45) is 11.7 Å². The monoisotopic (exact) mass is 313 g/mol. The van der Waals surface area contributed by atoms with Gasteiger partial charge in [-0.05, 0) is 38.3 Å². The summed E-state index contributed by atoms with van der Waals surface area (Å²) < 4.78 is 0. The van der Waals surface area contributed by atoms with Crippen molar-refractivity contribution in [3.8, 4) is 0 Å². The molecule has 0 heterocycles. The van der Waals surface area contributed by atoms with Gasteiger partial charge in [0.05, 0.1) is 11.7 Å². The van der Waals surface area contributed by atoms with Crippen LogP contribution in [0.4, 0.5) is 0 Å². The van der Waals surface area contributed by atoms with Crippen LogP contribution in [0.2, 0.25) is 0 Å². The van der Waals surface area contributed by atoms with E-state index in [1.807, 2.05) is 67.6 Å². The second-order valence-corrected chi connectivity index (χ2v) is 6.80. The van der Waals surface area contributed by atoms with E-state index in [1.54, 1.807) is 13.8 Å². The van der Waals surface area contributed by atoms with Crippen LogP contribution in [-0.2, 0) is 11.1 Å². The van der Waals surface area contributed by atoms with Gasteiger partial charge in [-0.15, -0.1) is 0 Å². The predicted octanol–water partition coefficient (Wildman–Crippen LogP) is 3.16. The lowest BCUT2D eigenvalue weighted by molar-refractivity contribution is -0.0577. The smallest absolute Gasteiger partial charge is 0.0918 e. The summed E-state index contributed by atoms with van der Waals surface area (Å²) in [6, 6.07) is 19.3. The minimum atomic E-state index is -1.16. The van der Waals surface area contributed by atoms with Gasteiger partial charge >= 0.3 is 0 Å². The molecule has 23 heavy (non-hydrogen) atoms. The largest absolute Gasteiger partial charge is 0.393 e. The van der Waals surface area contributed by atoms with Crippen molar-refractivity contribution in [1.29, 1.82) is 0 Å². The van der Waals surface area contributed by atoms with Crippen molar-refractivity contribution < 1.29 is 10.2 Å². The van der Waals surface area contributed by atoms with E-state index in [4.69, 9.17) is 5.73 Å². The first-order chi connectivity index (χ1) is 10.8. The van der Waals surface area contributed by atoms with Gasteiger partial charge in [-0.2, -0.15) is 0 Å². The third kappa shape index (κ3) is 3.81. The van der Waals surface area contributed by atoms with Crippen molar-refractivity contribution in [3.05, 3.63) is 71.8 Å². The number of rotatable bonds is 6. The quantitative estimate of drug-likeness (QED) is 0.767. The lowest BCUT2D eigenvalue weighted by atomic mass is 9.67. The Morgan fingerprint density at radius 1 is 0.913 bits per heavy atom. The highest BCUT2D eigenvalue weighted by molar-refractivity contribution is 5.29. The molecule has 0 aromatic heterocycles. The van der Waals surface area contributed by atoms with Gasteiger partial charge in [-0.25, -0.2) is 0 Å². The van der Waals surface area contributed by atoms with Crippen molar-refractivity contribution in [1.82, 2.24) is 0 Å². The van der Waals surface area contributed by atoms with Crippen molar-refractivity contribution in [2.45, 2.75) is 44.4 Å². The average molecular weight is 313 g/mol. The van der Waals surface area contributed by atoms with Crippen molar-refractivity contribution >= 4 is 0 Å². The summed E-state index contributed by atoms with van der Waals surface area (Å²) in [6.45, 7) is 5.44. The lowest BCUT2D eigenvalue weighted by Gasteiger charge is -2.44. The number of aliphatic hydroxyl groups excluding tert-OH is 1. The summed E-state index contributed by atoms with van der Waals surface area (Å²) in [5, 5.41) is 21.3. The molecule has 0 aliphatic carbocycles. The summed E-state index contributed by atoms with van der Waals surface area (Å²) >= 11 is 0. The SMILES string of the molecule is CC(O)CC(C(C)(N)c1ccccc1)C(C)(O)c1ccccc1. The summed E-state index contributed by atoms with van der Waals surface area (Å²) in [7, 11) is 0. The molecule has 3 nitrogen and oxygen atoms in total. The summed E-state index contributed by atoms with van der Waals surface area (Å²) in [5.74, 6) is -0.347. The molecule has 4 atom stereocenters. The summed E-state index contributed by atoms with van der Waals surface area (Å²) in [4.78, 5) is 0. The first kappa shape index (κ1) is 17.7. The third-order valence-electron chi connectivity index (χ3n) is 4.73. The number of hydrogen-bond acceptors (Lipinski definition) is 3. The van der Waals surface area contributed by atoms with Gasteiger partial charge in [0.2, 0.25) is 0 Å². The number of nitrogens with two attached hydrogens (primary N) is 1. The molecule has 0 bridgehead atoms. The standard InChI is InChI=1S/C20H27NO2/c1-15(22)14-18(19(2,21)16-10-6-4-7-11-16)20(3,23)17-12-8-5-9-13-17/h4-13,15,18,22-23H,14,21H2,1-3H3. The Bertz CT molecular complexity index is 555. The molecule has 2 aromatic carbocycles. The van der Waals surface area contributed by atoms with E-state index >= 15 is 0 Å². The van der Waals surface area contributed by atoms with Crippen LogP contribution in [0.15, 0.2) is 60.7 Å². The lowest BCUT2D eigenvalue weighted by Crippen LogP contribution is -2.51. The van der Waals surface area contributed by atoms with Crippen LogP contribution < -0.4 is 5.73 Å². The molecule has 2 rings (SSSR count). The summed E-state index contributed by atoms with van der Waals surface area (Å²) in [6.07, 6.45) is -0.147. The van der Waals surface area contributed by atoms with Crippen LogP contribution in [-0.4, -0.2) is 16.3 Å². The van der Waals surface area contributed by atoms with Gasteiger partial charge < -0.3 is 15.9 Å². The molecule has 0 saturated heterocycles. The van der Waals surface area contributed by atoms with Gasteiger partial charge in [0.25, 0.3) is 0 Å². The van der Waals surface area contributed by atoms with Gasteiger partial charge in [-0.3, -0.25) is 0 Å². The molecule has 2 aromatic rings. The zero-order valence-electron chi connectivity index (χ0n) is 14.1. The normalized spacial score (nSPS) is 19.4. The highest BCUT2D eigenvalue weighted by Crippen LogP contribution is 2.42. The van der Waals surface area contributed by atoms with Gasteiger partial charge in [0.1, 0.15) is 0 Å². The Kier molecular flexibility index (Phi) is 5.25. The van der Waals surface area contributed by atoms with Crippen LogP contribution in [0.3, 0.4) is 0 Å². The van der Waals surface area contributed by atoms with Crippen LogP contribution >= 0.6 is 0 Å². The molecule has 124 valence electrons. The molecule has 4 N–H and O–H groups in total. The Hall–Kier alpha value is -1.68. The van der Waals surface area contributed by atoms with Crippen LogP contribution in [0.25, 0.3) is 0 Å². The molecule has 0 radical (unpaired) electrons. The van der Waals surface area contributed by atoms with E-state index < -0.39 is 17.2 Å². The van der Waals surface area contributed by atoms with E-state index in [0.29, 0.717) is 6.42 Å². The predicted molar refractivity (Wildman–Crippen MR) is 93.8 cm³/mol. The molecular weight excluding hydrogens is 286 g/mol. The maximum absolute atomic E-state index is 11.3. The number of aliphatic hydroxyl groups is 2. The topological polar surface area (TPSA) is 66.5 Å². The maximum atomic E-state index is 11.3. The van der Waals surface area contributed by atoms with Gasteiger partial charge in [0.15, 0.2) is 0 Å². The molecular formula is C20H27NO2. The Balaban J connectivity index is 2.48. The number of hydrogen-bond donors (Lipinski definition) is 3. The molecule has 0 aliphatic heterocycles. The Labute approximate surface area is 138 Å². The zero-order valence-corrected chi connectivity index (χ0v) is 14.1. The van der Waals surface area contributed by atoms with E-state index in [1.165, 1.54) is 0 Å². The van der Waals surface area contributed by atoms with E-state index in [2.05, 4.69) is 0 Å². The molecule has 3 heteroatoms. The van der Waals surface area contributed by atoms with E-state index in [0.717, 1.165) is 11.1 Å².